The highest BCUT2D eigenvalue weighted by Crippen LogP contribution is 2.25. The third kappa shape index (κ3) is 2.63. The third-order valence-electron chi connectivity index (χ3n) is 2.72. The molecule has 0 saturated heterocycles. The highest BCUT2D eigenvalue weighted by molar-refractivity contribution is 7.91. The average molecular weight is 260 g/mol. The Morgan fingerprint density at radius 3 is 2.75 bits per heavy atom. The van der Waals surface area contributed by atoms with Crippen molar-refractivity contribution in [2.45, 2.75) is 35.9 Å². The summed E-state index contributed by atoms with van der Waals surface area (Å²) in [4.78, 5) is 1.02. The number of hydrogen-bond acceptors (Lipinski definition) is 4. The molecule has 16 heavy (non-hydrogen) atoms. The Balaban J connectivity index is 2.08. The molecule has 1 saturated carbocycles. The van der Waals surface area contributed by atoms with Gasteiger partial charge in [-0.2, -0.15) is 0 Å². The molecule has 0 amide bonds. The summed E-state index contributed by atoms with van der Waals surface area (Å²) < 4.78 is 27.0. The summed E-state index contributed by atoms with van der Waals surface area (Å²) in [7, 11) is -3.29. The van der Waals surface area contributed by atoms with E-state index in [1.165, 1.54) is 11.3 Å². The molecule has 4 nitrogen and oxygen atoms in total. The number of sulfonamides is 1. The van der Waals surface area contributed by atoms with E-state index in [2.05, 4.69) is 4.72 Å². The minimum absolute atomic E-state index is 0.144. The zero-order valence-corrected chi connectivity index (χ0v) is 10.6. The van der Waals surface area contributed by atoms with E-state index in [1.54, 1.807) is 6.07 Å². The molecule has 1 aliphatic carbocycles. The molecule has 1 aliphatic rings. The van der Waals surface area contributed by atoms with Crippen molar-refractivity contribution in [2.75, 3.05) is 6.54 Å². The van der Waals surface area contributed by atoms with Gasteiger partial charge in [-0.1, -0.05) is 6.42 Å². The van der Waals surface area contributed by atoms with Crippen LogP contribution in [0.5, 0.6) is 0 Å². The van der Waals surface area contributed by atoms with E-state index in [-0.39, 0.29) is 6.04 Å². The lowest BCUT2D eigenvalue weighted by molar-refractivity contribution is 0.384. The van der Waals surface area contributed by atoms with Gasteiger partial charge in [-0.15, -0.1) is 11.3 Å². The van der Waals surface area contributed by atoms with Crippen molar-refractivity contribution in [2.24, 2.45) is 5.73 Å². The van der Waals surface area contributed by atoms with Crippen LogP contribution in [0.25, 0.3) is 0 Å². The van der Waals surface area contributed by atoms with Gasteiger partial charge in [0.05, 0.1) is 0 Å². The van der Waals surface area contributed by atoms with Gasteiger partial charge in [-0.3, -0.25) is 0 Å². The largest absolute Gasteiger partial charge is 0.330 e. The van der Waals surface area contributed by atoms with Crippen LogP contribution in [-0.2, 0) is 16.4 Å². The number of rotatable bonds is 5. The Labute approximate surface area is 99.9 Å². The quantitative estimate of drug-likeness (QED) is 0.832. The fraction of sp³-hybridized carbons (Fsp3) is 0.600. The molecule has 0 aliphatic heterocycles. The number of nitrogens with one attached hydrogen (secondary N) is 1. The van der Waals surface area contributed by atoms with E-state index in [0.717, 1.165) is 30.6 Å². The monoisotopic (exact) mass is 260 g/mol. The summed E-state index contributed by atoms with van der Waals surface area (Å²) in [5.74, 6) is 0. The van der Waals surface area contributed by atoms with Crippen molar-refractivity contribution in [3.63, 3.8) is 0 Å². The van der Waals surface area contributed by atoms with Gasteiger partial charge in [0.1, 0.15) is 4.21 Å². The lowest BCUT2D eigenvalue weighted by Gasteiger charge is -2.25. The number of nitrogens with two attached hydrogens (primary N) is 1. The third-order valence-corrected chi connectivity index (χ3v) is 5.88. The van der Waals surface area contributed by atoms with E-state index < -0.39 is 10.0 Å². The minimum Gasteiger partial charge on any atom is -0.330 e. The molecule has 3 N–H and O–H groups in total. The van der Waals surface area contributed by atoms with Gasteiger partial charge in [0.2, 0.25) is 10.0 Å². The van der Waals surface area contributed by atoms with E-state index in [9.17, 15) is 8.42 Å². The second-order valence-corrected chi connectivity index (χ2v) is 7.12. The number of thiophene rings is 1. The molecule has 90 valence electrons. The SMILES string of the molecule is NCCc1ccc(S(=O)(=O)NC2CCC2)s1. The second kappa shape index (κ2) is 4.83. The fourth-order valence-corrected chi connectivity index (χ4v) is 4.28. The Kier molecular flexibility index (Phi) is 3.63. The first-order chi connectivity index (χ1) is 7.62. The molecule has 0 atom stereocenters. The van der Waals surface area contributed by atoms with E-state index in [0.29, 0.717) is 10.8 Å². The lowest BCUT2D eigenvalue weighted by Crippen LogP contribution is -2.39. The maximum absolute atomic E-state index is 11.9. The van der Waals surface area contributed by atoms with Crippen molar-refractivity contribution in [1.82, 2.24) is 4.72 Å². The Bertz CT molecular complexity index is 449. The van der Waals surface area contributed by atoms with Crippen LogP contribution < -0.4 is 10.5 Å². The highest BCUT2D eigenvalue weighted by Gasteiger charge is 2.25. The second-order valence-electron chi connectivity index (χ2n) is 4.01. The summed E-state index contributed by atoms with van der Waals surface area (Å²) in [6, 6.07) is 3.65. The smallest absolute Gasteiger partial charge is 0.250 e. The highest BCUT2D eigenvalue weighted by atomic mass is 32.2. The Morgan fingerprint density at radius 1 is 1.44 bits per heavy atom. The maximum atomic E-state index is 11.9. The van der Waals surface area contributed by atoms with Gasteiger partial charge in [0.15, 0.2) is 0 Å². The fourth-order valence-electron chi connectivity index (χ4n) is 1.58. The van der Waals surface area contributed by atoms with Crippen LogP contribution >= 0.6 is 11.3 Å². The van der Waals surface area contributed by atoms with Crippen LogP contribution in [0, 0.1) is 0 Å². The van der Waals surface area contributed by atoms with Crippen LogP contribution in [0.3, 0.4) is 0 Å². The molecular weight excluding hydrogens is 244 g/mol. The van der Waals surface area contributed by atoms with Crippen LogP contribution in [0.15, 0.2) is 16.3 Å². The molecule has 1 aromatic rings. The van der Waals surface area contributed by atoms with Crippen molar-refractivity contribution in [3.8, 4) is 0 Å². The minimum atomic E-state index is -3.29. The summed E-state index contributed by atoms with van der Waals surface area (Å²) in [5.41, 5.74) is 5.43. The predicted molar refractivity (Wildman–Crippen MR) is 65.0 cm³/mol. The summed E-state index contributed by atoms with van der Waals surface area (Å²) in [6.07, 6.45) is 3.78. The molecule has 0 aromatic carbocycles. The first-order valence-corrected chi connectivity index (χ1v) is 7.73. The van der Waals surface area contributed by atoms with E-state index in [1.807, 2.05) is 6.07 Å². The Hall–Kier alpha value is -0.430. The summed E-state index contributed by atoms with van der Waals surface area (Å²) in [5, 5.41) is 0. The van der Waals surface area contributed by atoms with Crippen LogP contribution in [0.1, 0.15) is 24.1 Å². The van der Waals surface area contributed by atoms with Crippen LogP contribution in [0.2, 0.25) is 0 Å². The topological polar surface area (TPSA) is 72.2 Å². The zero-order chi connectivity index (χ0) is 11.6. The molecular formula is C10H16N2O2S2. The lowest BCUT2D eigenvalue weighted by atomic mass is 9.94. The predicted octanol–water partition coefficient (Wildman–Crippen LogP) is 1.08. The number of hydrogen-bond donors (Lipinski definition) is 2. The van der Waals surface area contributed by atoms with Gasteiger partial charge in [-0.05, 0) is 37.9 Å². The van der Waals surface area contributed by atoms with Crippen molar-refractivity contribution in [1.29, 1.82) is 0 Å². The molecule has 1 fully saturated rings. The first-order valence-electron chi connectivity index (χ1n) is 5.43. The van der Waals surface area contributed by atoms with Crippen LogP contribution in [0.4, 0.5) is 0 Å². The summed E-state index contributed by atoms with van der Waals surface area (Å²) >= 11 is 1.31. The van der Waals surface area contributed by atoms with Crippen molar-refractivity contribution >= 4 is 21.4 Å². The molecule has 1 heterocycles. The standard InChI is InChI=1S/C10H16N2O2S2/c11-7-6-9-4-5-10(15-9)16(13,14)12-8-2-1-3-8/h4-5,8,12H,1-3,6-7,11H2. The zero-order valence-electron chi connectivity index (χ0n) is 8.98. The first kappa shape index (κ1) is 12.0. The molecule has 1 aromatic heterocycles. The average Bonchev–Trinajstić information content (AvgIpc) is 2.62. The van der Waals surface area contributed by atoms with Gasteiger partial charge < -0.3 is 5.73 Å². The molecule has 0 unspecified atom stereocenters. The molecule has 2 rings (SSSR count). The van der Waals surface area contributed by atoms with Crippen molar-refractivity contribution in [3.05, 3.63) is 17.0 Å². The normalized spacial score (nSPS) is 17.3. The van der Waals surface area contributed by atoms with Crippen LogP contribution in [-0.4, -0.2) is 21.0 Å². The molecule has 0 bridgehead atoms. The Morgan fingerprint density at radius 2 is 2.19 bits per heavy atom. The van der Waals surface area contributed by atoms with E-state index in [4.69, 9.17) is 5.73 Å². The molecule has 0 radical (unpaired) electrons. The molecule has 6 heteroatoms. The van der Waals surface area contributed by atoms with Gasteiger partial charge >= 0.3 is 0 Å². The van der Waals surface area contributed by atoms with Crippen molar-refractivity contribution < 1.29 is 8.42 Å². The summed E-state index contributed by atoms with van der Waals surface area (Å²) in [6.45, 7) is 0.552. The van der Waals surface area contributed by atoms with Gasteiger partial charge in [0, 0.05) is 10.9 Å². The van der Waals surface area contributed by atoms with E-state index >= 15 is 0 Å². The molecule has 0 spiro atoms. The van der Waals surface area contributed by atoms with Gasteiger partial charge in [0.25, 0.3) is 0 Å². The van der Waals surface area contributed by atoms with Gasteiger partial charge in [-0.25, -0.2) is 13.1 Å². The maximum Gasteiger partial charge on any atom is 0.250 e.